The fraction of sp³-hybridized carbons (Fsp3) is 0.222. The first-order valence-electron chi connectivity index (χ1n) is 3.95. The highest BCUT2D eigenvalue weighted by Gasteiger charge is 2.25. The Bertz CT molecular complexity index is 365. The van der Waals surface area contributed by atoms with Gasteiger partial charge in [0.1, 0.15) is 11.9 Å². The van der Waals surface area contributed by atoms with Gasteiger partial charge in [0.15, 0.2) is 0 Å². The van der Waals surface area contributed by atoms with Crippen LogP contribution in [0.4, 0.5) is 10.1 Å². The van der Waals surface area contributed by atoms with E-state index in [0.29, 0.717) is 11.3 Å². The summed E-state index contributed by atoms with van der Waals surface area (Å²) >= 11 is 0. The van der Waals surface area contributed by atoms with E-state index in [-0.39, 0.29) is 6.42 Å². The Kier molecular flexibility index (Phi) is 1.77. The summed E-state index contributed by atoms with van der Waals surface area (Å²) in [7, 11) is 0. The highest BCUT2D eigenvalue weighted by atomic mass is 19.1. The van der Waals surface area contributed by atoms with Crippen LogP contribution in [0, 0.1) is 5.82 Å². The number of rotatable bonds is 0. The van der Waals surface area contributed by atoms with E-state index in [0.717, 1.165) is 0 Å². The maximum Gasteiger partial charge on any atom is 0.253 e. The topological polar surface area (TPSA) is 49.3 Å². The van der Waals surface area contributed by atoms with Gasteiger partial charge in [0.2, 0.25) is 0 Å². The average Bonchev–Trinajstić information content (AvgIpc) is 2.09. The summed E-state index contributed by atoms with van der Waals surface area (Å²) in [5, 5.41) is 11.6. The van der Waals surface area contributed by atoms with E-state index in [4.69, 9.17) is 0 Å². The predicted molar refractivity (Wildman–Crippen MR) is 44.7 cm³/mol. The van der Waals surface area contributed by atoms with E-state index in [1.807, 2.05) is 0 Å². The van der Waals surface area contributed by atoms with E-state index < -0.39 is 17.8 Å². The minimum atomic E-state index is -1.13. The summed E-state index contributed by atoms with van der Waals surface area (Å²) in [5.41, 5.74) is 0.824. The fourth-order valence-electron chi connectivity index (χ4n) is 1.39. The normalized spacial score (nSPS) is 20.8. The molecule has 1 aromatic rings. The molecule has 68 valence electrons. The van der Waals surface area contributed by atoms with Crippen molar-refractivity contribution in [3.63, 3.8) is 0 Å². The van der Waals surface area contributed by atoms with Gasteiger partial charge in [0.05, 0.1) is 0 Å². The molecular formula is C9H8FNO2. The van der Waals surface area contributed by atoms with E-state index in [1.54, 1.807) is 6.07 Å². The van der Waals surface area contributed by atoms with Crippen molar-refractivity contribution in [3.05, 3.63) is 29.6 Å². The van der Waals surface area contributed by atoms with Crippen LogP contribution in [-0.2, 0) is 11.2 Å². The van der Waals surface area contributed by atoms with Crippen molar-refractivity contribution in [2.45, 2.75) is 12.5 Å². The van der Waals surface area contributed by atoms with Gasteiger partial charge in [-0.25, -0.2) is 4.39 Å². The largest absolute Gasteiger partial charge is 0.383 e. The quantitative estimate of drug-likeness (QED) is 0.618. The molecule has 1 heterocycles. The number of hydrogen-bond acceptors (Lipinski definition) is 2. The highest BCUT2D eigenvalue weighted by molar-refractivity contribution is 5.97. The third-order valence-electron chi connectivity index (χ3n) is 2.08. The van der Waals surface area contributed by atoms with Crippen LogP contribution in [0.1, 0.15) is 5.56 Å². The molecule has 2 rings (SSSR count). The zero-order valence-corrected chi connectivity index (χ0v) is 6.75. The molecule has 1 aromatic carbocycles. The van der Waals surface area contributed by atoms with Crippen molar-refractivity contribution >= 4 is 11.6 Å². The van der Waals surface area contributed by atoms with Crippen LogP contribution < -0.4 is 5.32 Å². The van der Waals surface area contributed by atoms with Gasteiger partial charge in [-0.15, -0.1) is 0 Å². The number of nitrogens with one attached hydrogen (secondary N) is 1. The smallest absolute Gasteiger partial charge is 0.253 e. The van der Waals surface area contributed by atoms with E-state index in [2.05, 4.69) is 5.32 Å². The molecule has 0 aliphatic carbocycles. The van der Waals surface area contributed by atoms with Crippen LogP contribution in [-0.4, -0.2) is 17.1 Å². The number of aliphatic hydroxyl groups excluding tert-OH is 1. The summed E-state index contributed by atoms with van der Waals surface area (Å²) in [4.78, 5) is 11.0. The van der Waals surface area contributed by atoms with E-state index in [9.17, 15) is 14.3 Å². The van der Waals surface area contributed by atoms with Gasteiger partial charge in [0.25, 0.3) is 5.91 Å². The van der Waals surface area contributed by atoms with Gasteiger partial charge < -0.3 is 10.4 Å². The number of halogens is 1. The molecule has 3 nitrogen and oxygen atoms in total. The number of carbonyl (C=O) groups excluding carboxylic acids is 1. The van der Waals surface area contributed by atoms with Crippen LogP contribution in [0.15, 0.2) is 18.2 Å². The lowest BCUT2D eigenvalue weighted by molar-refractivity contribution is -0.124. The Morgan fingerprint density at radius 2 is 2.31 bits per heavy atom. The first-order chi connectivity index (χ1) is 6.18. The molecule has 1 aliphatic rings. The van der Waals surface area contributed by atoms with Crippen molar-refractivity contribution < 1.29 is 14.3 Å². The Morgan fingerprint density at radius 3 is 3.08 bits per heavy atom. The van der Waals surface area contributed by atoms with Gasteiger partial charge in [-0.1, -0.05) is 6.07 Å². The lowest BCUT2D eigenvalue weighted by atomic mass is 10.0. The summed E-state index contributed by atoms with van der Waals surface area (Å²) in [5.74, 6) is -0.866. The summed E-state index contributed by atoms with van der Waals surface area (Å²) in [6, 6.07) is 4.44. The Labute approximate surface area is 74.2 Å². The summed E-state index contributed by atoms with van der Waals surface area (Å²) in [6.45, 7) is 0. The number of aliphatic hydroxyl groups is 1. The number of carbonyl (C=O) groups is 1. The monoisotopic (exact) mass is 181 g/mol. The number of hydrogen-bond donors (Lipinski definition) is 2. The van der Waals surface area contributed by atoms with Crippen molar-refractivity contribution in [2.75, 3.05) is 5.32 Å². The van der Waals surface area contributed by atoms with Crippen LogP contribution >= 0.6 is 0 Å². The molecule has 1 aliphatic heterocycles. The van der Waals surface area contributed by atoms with Crippen LogP contribution in [0.5, 0.6) is 0 Å². The SMILES string of the molecule is O=C1Nc2cccc(F)c2C[C@H]1O. The lowest BCUT2D eigenvalue weighted by Gasteiger charge is -2.20. The molecule has 0 saturated heterocycles. The molecular weight excluding hydrogens is 173 g/mol. The zero-order valence-electron chi connectivity index (χ0n) is 6.75. The molecule has 0 bridgehead atoms. The molecule has 2 N–H and O–H groups in total. The van der Waals surface area contributed by atoms with Crippen molar-refractivity contribution in [2.24, 2.45) is 0 Å². The second kappa shape index (κ2) is 2.81. The predicted octanol–water partition coefficient (Wildman–Crippen LogP) is 0.681. The second-order valence-electron chi connectivity index (χ2n) is 2.98. The van der Waals surface area contributed by atoms with Crippen molar-refractivity contribution in [1.29, 1.82) is 0 Å². The third-order valence-corrected chi connectivity index (χ3v) is 2.08. The minimum absolute atomic E-state index is 0.0494. The molecule has 1 amide bonds. The van der Waals surface area contributed by atoms with Gasteiger partial charge in [-0.3, -0.25) is 4.79 Å². The number of fused-ring (bicyclic) bond motifs is 1. The Balaban J connectivity index is 2.48. The number of amides is 1. The van der Waals surface area contributed by atoms with Crippen molar-refractivity contribution in [1.82, 2.24) is 0 Å². The Morgan fingerprint density at radius 1 is 1.54 bits per heavy atom. The first kappa shape index (κ1) is 8.19. The molecule has 0 aromatic heterocycles. The van der Waals surface area contributed by atoms with Gasteiger partial charge in [-0.05, 0) is 12.1 Å². The number of anilines is 1. The lowest BCUT2D eigenvalue weighted by Crippen LogP contribution is -2.34. The molecule has 0 spiro atoms. The third kappa shape index (κ3) is 1.29. The molecule has 0 saturated carbocycles. The van der Waals surface area contributed by atoms with E-state index in [1.165, 1.54) is 12.1 Å². The molecule has 13 heavy (non-hydrogen) atoms. The maximum absolute atomic E-state index is 13.1. The highest BCUT2D eigenvalue weighted by Crippen LogP contribution is 2.24. The summed E-state index contributed by atoms with van der Waals surface area (Å²) < 4.78 is 13.1. The fourth-order valence-corrected chi connectivity index (χ4v) is 1.39. The summed E-state index contributed by atoms with van der Waals surface area (Å²) in [6.07, 6.45) is -1.09. The first-order valence-corrected chi connectivity index (χ1v) is 3.95. The molecule has 1 atom stereocenters. The maximum atomic E-state index is 13.1. The van der Waals surface area contributed by atoms with Gasteiger partial charge >= 0.3 is 0 Å². The van der Waals surface area contributed by atoms with Crippen LogP contribution in [0.2, 0.25) is 0 Å². The average molecular weight is 181 g/mol. The standard InChI is InChI=1S/C9H8FNO2/c10-6-2-1-3-7-5(6)4-8(12)9(13)11-7/h1-3,8,12H,4H2,(H,11,13)/t8-/m1/s1. The number of benzene rings is 1. The van der Waals surface area contributed by atoms with Gasteiger partial charge in [0, 0.05) is 17.7 Å². The van der Waals surface area contributed by atoms with E-state index >= 15 is 0 Å². The van der Waals surface area contributed by atoms with Crippen molar-refractivity contribution in [3.8, 4) is 0 Å². The molecule has 0 radical (unpaired) electrons. The molecule has 4 heteroatoms. The Hall–Kier alpha value is -1.42. The van der Waals surface area contributed by atoms with Crippen LogP contribution in [0.25, 0.3) is 0 Å². The molecule has 0 fully saturated rings. The van der Waals surface area contributed by atoms with Gasteiger partial charge in [-0.2, -0.15) is 0 Å². The second-order valence-corrected chi connectivity index (χ2v) is 2.98. The molecule has 0 unspecified atom stereocenters. The zero-order chi connectivity index (χ0) is 9.42. The minimum Gasteiger partial charge on any atom is -0.383 e. The van der Waals surface area contributed by atoms with Crippen LogP contribution in [0.3, 0.4) is 0 Å².